The molecule has 4 nitrogen and oxygen atoms in total. The molecular formula is C15H20N2O2. The Balaban J connectivity index is 2.24. The standard InChI is InChI=1S/C15H20N2O2/c1-4-7-16-9-13-15(19-10-17-13)12-6-5-11(2)14(8-12)18-3/h5-6,8,10,16H,4,7,9H2,1-3H3. The average molecular weight is 260 g/mol. The summed E-state index contributed by atoms with van der Waals surface area (Å²) < 4.78 is 10.9. The second-order valence-electron chi connectivity index (χ2n) is 4.49. The number of methoxy groups -OCH3 is 1. The minimum Gasteiger partial charge on any atom is -0.496 e. The van der Waals surface area contributed by atoms with Crippen molar-refractivity contribution in [1.82, 2.24) is 10.3 Å². The lowest BCUT2D eigenvalue weighted by Gasteiger charge is -2.07. The molecule has 0 amide bonds. The third-order valence-corrected chi connectivity index (χ3v) is 3.03. The Bertz CT molecular complexity index is 535. The number of aryl methyl sites for hydroxylation is 1. The fourth-order valence-corrected chi connectivity index (χ4v) is 1.97. The SMILES string of the molecule is CCCNCc1ncoc1-c1ccc(C)c(OC)c1. The van der Waals surface area contributed by atoms with E-state index in [1.165, 1.54) is 6.39 Å². The molecule has 1 aromatic carbocycles. The predicted molar refractivity (Wildman–Crippen MR) is 75.2 cm³/mol. The van der Waals surface area contributed by atoms with Crippen molar-refractivity contribution in [2.45, 2.75) is 26.8 Å². The second-order valence-corrected chi connectivity index (χ2v) is 4.49. The average Bonchev–Trinajstić information content (AvgIpc) is 2.88. The Hall–Kier alpha value is -1.81. The van der Waals surface area contributed by atoms with E-state index in [2.05, 4.69) is 17.2 Å². The van der Waals surface area contributed by atoms with Crippen LogP contribution in [0, 0.1) is 6.92 Å². The van der Waals surface area contributed by atoms with Crippen LogP contribution >= 0.6 is 0 Å². The van der Waals surface area contributed by atoms with E-state index in [1.807, 2.05) is 25.1 Å². The molecule has 0 aliphatic heterocycles. The zero-order valence-electron chi connectivity index (χ0n) is 11.7. The van der Waals surface area contributed by atoms with Gasteiger partial charge >= 0.3 is 0 Å². The topological polar surface area (TPSA) is 47.3 Å². The minimum atomic E-state index is 0.718. The minimum absolute atomic E-state index is 0.718. The van der Waals surface area contributed by atoms with E-state index in [-0.39, 0.29) is 0 Å². The van der Waals surface area contributed by atoms with E-state index in [4.69, 9.17) is 9.15 Å². The summed E-state index contributed by atoms with van der Waals surface area (Å²) >= 11 is 0. The number of benzene rings is 1. The number of nitrogens with zero attached hydrogens (tertiary/aromatic N) is 1. The Kier molecular flexibility index (Phi) is 4.58. The van der Waals surface area contributed by atoms with Crippen LogP contribution in [0.15, 0.2) is 29.0 Å². The van der Waals surface area contributed by atoms with Gasteiger partial charge in [0.05, 0.1) is 7.11 Å². The molecule has 0 unspecified atom stereocenters. The first-order chi connectivity index (χ1) is 9.26. The molecule has 102 valence electrons. The van der Waals surface area contributed by atoms with E-state index >= 15 is 0 Å². The van der Waals surface area contributed by atoms with Crippen molar-refractivity contribution in [2.24, 2.45) is 0 Å². The first-order valence-electron chi connectivity index (χ1n) is 6.54. The third kappa shape index (κ3) is 3.15. The third-order valence-electron chi connectivity index (χ3n) is 3.03. The Morgan fingerprint density at radius 1 is 1.37 bits per heavy atom. The lowest BCUT2D eigenvalue weighted by atomic mass is 10.1. The van der Waals surface area contributed by atoms with Crippen LogP contribution in [0.2, 0.25) is 0 Å². The van der Waals surface area contributed by atoms with Crippen molar-refractivity contribution in [2.75, 3.05) is 13.7 Å². The highest BCUT2D eigenvalue weighted by molar-refractivity contribution is 5.63. The van der Waals surface area contributed by atoms with E-state index < -0.39 is 0 Å². The van der Waals surface area contributed by atoms with Gasteiger partial charge in [0.25, 0.3) is 0 Å². The molecule has 0 saturated carbocycles. The normalized spacial score (nSPS) is 10.7. The smallest absolute Gasteiger partial charge is 0.181 e. The molecule has 0 radical (unpaired) electrons. The van der Waals surface area contributed by atoms with Crippen LogP contribution in [0.1, 0.15) is 24.6 Å². The van der Waals surface area contributed by atoms with Crippen LogP contribution in [0.5, 0.6) is 5.75 Å². The maximum absolute atomic E-state index is 5.51. The number of aromatic nitrogens is 1. The Morgan fingerprint density at radius 2 is 2.21 bits per heavy atom. The van der Waals surface area contributed by atoms with Gasteiger partial charge < -0.3 is 14.5 Å². The Labute approximate surface area is 113 Å². The van der Waals surface area contributed by atoms with Crippen LogP contribution in [-0.2, 0) is 6.54 Å². The number of hydrogen-bond donors (Lipinski definition) is 1. The number of oxazole rings is 1. The molecule has 0 bridgehead atoms. The summed E-state index contributed by atoms with van der Waals surface area (Å²) in [7, 11) is 1.68. The maximum atomic E-state index is 5.51. The lowest BCUT2D eigenvalue weighted by molar-refractivity contribution is 0.411. The monoisotopic (exact) mass is 260 g/mol. The van der Waals surface area contributed by atoms with E-state index in [1.54, 1.807) is 7.11 Å². The summed E-state index contributed by atoms with van der Waals surface area (Å²) in [6.07, 6.45) is 2.59. The molecule has 1 aromatic heterocycles. The molecule has 2 rings (SSSR count). The van der Waals surface area contributed by atoms with Crippen LogP contribution in [-0.4, -0.2) is 18.6 Å². The molecular weight excluding hydrogens is 240 g/mol. The molecule has 0 aliphatic carbocycles. The molecule has 0 fully saturated rings. The first kappa shape index (κ1) is 13.6. The number of hydrogen-bond acceptors (Lipinski definition) is 4. The van der Waals surface area contributed by atoms with Crippen molar-refractivity contribution < 1.29 is 9.15 Å². The summed E-state index contributed by atoms with van der Waals surface area (Å²) in [5.41, 5.74) is 3.03. The van der Waals surface area contributed by atoms with Gasteiger partial charge in [-0.05, 0) is 31.5 Å². The number of nitrogens with one attached hydrogen (secondary N) is 1. The summed E-state index contributed by atoms with van der Waals surface area (Å²) in [6.45, 7) is 5.85. The quantitative estimate of drug-likeness (QED) is 0.810. The summed E-state index contributed by atoms with van der Waals surface area (Å²) in [4.78, 5) is 4.27. The highest BCUT2D eigenvalue weighted by Gasteiger charge is 2.12. The summed E-state index contributed by atoms with van der Waals surface area (Å²) in [5, 5.41) is 3.33. The molecule has 0 spiro atoms. The van der Waals surface area contributed by atoms with Crippen molar-refractivity contribution in [1.29, 1.82) is 0 Å². The van der Waals surface area contributed by atoms with Crippen LogP contribution in [0.4, 0.5) is 0 Å². The van der Waals surface area contributed by atoms with Crippen molar-refractivity contribution >= 4 is 0 Å². The van der Waals surface area contributed by atoms with Gasteiger partial charge in [-0.2, -0.15) is 0 Å². The van der Waals surface area contributed by atoms with Gasteiger partial charge in [-0.3, -0.25) is 0 Å². The van der Waals surface area contributed by atoms with Crippen molar-refractivity contribution in [3.8, 4) is 17.1 Å². The van der Waals surface area contributed by atoms with Crippen molar-refractivity contribution in [3.63, 3.8) is 0 Å². The van der Waals surface area contributed by atoms with Crippen molar-refractivity contribution in [3.05, 3.63) is 35.9 Å². The second kappa shape index (κ2) is 6.38. The fraction of sp³-hybridized carbons (Fsp3) is 0.400. The van der Waals surface area contributed by atoms with Gasteiger partial charge in [-0.15, -0.1) is 0 Å². The van der Waals surface area contributed by atoms with E-state index in [0.29, 0.717) is 0 Å². The highest BCUT2D eigenvalue weighted by atomic mass is 16.5. The maximum Gasteiger partial charge on any atom is 0.181 e. The molecule has 0 aliphatic rings. The molecule has 2 aromatic rings. The van der Waals surface area contributed by atoms with Crippen LogP contribution in [0.3, 0.4) is 0 Å². The van der Waals surface area contributed by atoms with E-state index in [0.717, 1.165) is 47.8 Å². The molecule has 0 saturated heterocycles. The van der Waals surface area contributed by atoms with Gasteiger partial charge in [0.15, 0.2) is 12.2 Å². The fourth-order valence-electron chi connectivity index (χ4n) is 1.97. The zero-order valence-corrected chi connectivity index (χ0v) is 11.7. The predicted octanol–water partition coefficient (Wildman–Crippen LogP) is 3.16. The summed E-state index contributed by atoms with van der Waals surface area (Å²) in [5.74, 6) is 1.67. The van der Waals surface area contributed by atoms with Gasteiger partial charge in [-0.25, -0.2) is 4.98 Å². The first-order valence-corrected chi connectivity index (χ1v) is 6.54. The number of rotatable bonds is 6. The van der Waals surface area contributed by atoms with Gasteiger partial charge in [0, 0.05) is 12.1 Å². The molecule has 4 heteroatoms. The molecule has 0 atom stereocenters. The molecule has 19 heavy (non-hydrogen) atoms. The van der Waals surface area contributed by atoms with E-state index in [9.17, 15) is 0 Å². The van der Waals surface area contributed by atoms with Crippen LogP contribution < -0.4 is 10.1 Å². The van der Waals surface area contributed by atoms with Crippen LogP contribution in [0.25, 0.3) is 11.3 Å². The summed E-state index contributed by atoms with van der Waals surface area (Å²) in [6, 6.07) is 6.04. The largest absolute Gasteiger partial charge is 0.496 e. The van der Waals surface area contributed by atoms with Gasteiger partial charge in [0.1, 0.15) is 11.4 Å². The zero-order chi connectivity index (χ0) is 13.7. The van der Waals surface area contributed by atoms with Gasteiger partial charge in [0.2, 0.25) is 0 Å². The Morgan fingerprint density at radius 3 is 2.95 bits per heavy atom. The molecule has 1 heterocycles. The lowest BCUT2D eigenvalue weighted by Crippen LogP contribution is -2.14. The van der Waals surface area contributed by atoms with Gasteiger partial charge in [-0.1, -0.05) is 19.1 Å². The number of ether oxygens (including phenoxy) is 1. The molecule has 1 N–H and O–H groups in total. The highest BCUT2D eigenvalue weighted by Crippen LogP contribution is 2.28.